The summed E-state index contributed by atoms with van der Waals surface area (Å²) in [5.41, 5.74) is 1.13. The Bertz CT molecular complexity index is 639. The van der Waals surface area contributed by atoms with Gasteiger partial charge in [-0.3, -0.25) is 4.68 Å². The summed E-state index contributed by atoms with van der Waals surface area (Å²) in [5.74, 6) is 1.05. The molecule has 0 saturated carbocycles. The predicted octanol–water partition coefficient (Wildman–Crippen LogP) is 3.18. The SMILES string of the molecule is CC(C)n1cc(Oc2cc(C#N)ccc2[C@H](C)O)cn1. The van der Waals surface area contributed by atoms with Gasteiger partial charge >= 0.3 is 0 Å². The first-order valence-electron chi connectivity index (χ1n) is 6.45. The van der Waals surface area contributed by atoms with E-state index in [2.05, 4.69) is 11.2 Å². The molecule has 1 N–H and O–H groups in total. The lowest BCUT2D eigenvalue weighted by atomic mass is 10.1. The van der Waals surface area contributed by atoms with Gasteiger partial charge in [-0.2, -0.15) is 10.4 Å². The summed E-state index contributed by atoms with van der Waals surface area (Å²) in [6.07, 6.45) is 2.73. The van der Waals surface area contributed by atoms with Crippen LogP contribution in [0.15, 0.2) is 30.6 Å². The third-order valence-corrected chi connectivity index (χ3v) is 2.93. The summed E-state index contributed by atoms with van der Waals surface area (Å²) < 4.78 is 7.53. The Morgan fingerprint density at radius 1 is 1.35 bits per heavy atom. The maximum absolute atomic E-state index is 9.76. The highest BCUT2D eigenvalue weighted by molar-refractivity contribution is 5.45. The number of nitriles is 1. The van der Waals surface area contributed by atoms with E-state index in [-0.39, 0.29) is 6.04 Å². The zero-order chi connectivity index (χ0) is 14.7. The molecule has 0 saturated heterocycles. The van der Waals surface area contributed by atoms with Crippen molar-refractivity contribution in [2.45, 2.75) is 32.9 Å². The Hall–Kier alpha value is -2.32. The molecule has 2 rings (SSSR count). The van der Waals surface area contributed by atoms with Gasteiger partial charge in [-0.15, -0.1) is 0 Å². The predicted molar refractivity (Wildman–Crippen MR) is 74.5 cm³/mol. The molecule has 0 unspecified atom stereocenters. The van der Waals surface area contributed by atoms with Crippen molar-refractivity contribution in [1.29, 1.82) is 5.26 Å². The van der Waals surface area contributed by atoms with Crippen molar-refractivity contribution < 1.29 is 9.84 Å². The van der Waals surface area contributed by atoms with Crippen molar-refractivity contribution >= 4 is 0 Å². The molecule has 1 heterocycles. The quantitative estimate of drug-likeness (QED) is 0.927. The zero-order valence-corrected chi connectivity index (χ0v) is 11.7. The lowest BCUT2D eigenvalue weighted by molar-refractivity contribution is 0.195. The van der Waals surface area contributed by atoms with Gasteiger partial charge in [0.2, 0.25) is 0 Å². The van der Waals surface area contributed by atoms with Crippen molar-refractivity contribution in [2.75, 3.05) is 0 Å². The van der Waals surface area contributed by atoms with Crippen LogP contribution in [-0.2, 0) is 0 Å². The Labute approximate surface area is 118 Å². The Balaban J connectivity index is 2.33. The Morgan fingerprint density at radius 2 is 2.10 bits per heavy atom. The van der Waals surface area contributed by atoms with E-state index in [1.807, 2.05) is 13.8 Å². The fourth-order valence-electron chi connectivity index (χ4n) is 1.82. The zero-order valence-electron chi connectivity index (χ0n) is 11.7. The molecular formula is C15H17N3O2. The lowest BCUT2D eigenvalue weighted by Gasteiger charge is -2.12. The molecule has 0 aliphatic carbocycles. The second-order valence-electron chi connectivity index (χ2n) is 4.89. The van der Waals surface area contributed by atoms with E-state index in [0.29, 0.717) is 22.6 Å². The molecule has 0 spiro atoms. The molecule has 0 fully saturated rings. The molecular weight excluding hydrogens is 254 g/mol. The van der Waals surface area contributed by atoms with Gasteiger partial charge in [0.15, 0.2) is 5.75 Å². The number of hydrogen-bond donors (Lipinski definition) is 1. The highest BCUT2D eigenvalue weighted by Crippen LogP contribution is 2.30. The van der Waals surface area contributed by atoms with Crippen LogP contribution in [0.3, 0.4) is 0 Å². The van der Waals surface area contributed by atoms with Crippen molar-refractivity contribution in [1.82, 2.24) is 9.78 Å². The molecule has 104 valence electrons. The largest absolute Gasteiger partial charge is 0.454 e. The minimum Gasteiger partial charge on any atom is -0.454 e. The molecule has 1 atom stereocenters. The molecule has 2 aromatic rings. The maximum atomic E-state index is 9.76. The number of rotatable bonds is 4. The molecule has 0 amide bonds. The minimum atomic E-state index is -0.669. The van der Waals surface area contributed by atoms with Gasteiger partial charge in [0.05, 0.1) is 30.1 Å². The van der Waals surface area contributed by atoms with E-state index >= 15 is 0 Å². The van der Waals surface area contributed by atoms with Crippen molar-refractivity contribution in [3.8, 4) is 17.6 Å². The van der Waals surface area contributed by atoms with Crippen LogP contribution >= 0.6 is 0 Å². The molecule has 0 aliphatic rings. The number of aliphatic hydroxyl groups excluding tert-OH is 1. The van der Waals surface area contributed by atoms with E-state index in [1.165, 1.54) is 0 Å². The number of nitrogens with zero attached hydrogens (tertiary/aromatic N) is 3. The molecule has 1 aromatic heterocycles. The summed E-state index contributed by atoms with van der Waals surface area (Å²) >= 11 is 0. The first-order valence-corrected chi connectivity index (χ1v) is 6.45. The van der Waals surface area contributed by atoms with Crippen LogP contribution in [0, 0.1) is 11.3 Å². The van der Waals surface area contributed by atoms with Gasteiger partial charge < -0.3 is 9.84 Å². The van der Waals surface area contributed by atoms with Crippen LogP contribution < -0.4 is 4.74 Å². The van der Waals surface area contributed by atoms with Crippen LogP contribution in [0.1, 0.15) is 44.0 Å². The van der Waals surface area contributed by atoms with Crippen LogP contribution in [0.25, 0.3) is 0 Å². The van der Waals surface area contributed by atoms with Crippen molar-refractivity contribution in [2.24, 2.45) is 0 Å². The topological polar surface area (TPSA) is 71.1 Å². The van der Waals surface area contributed by atoms with Gasteiger partial charge in [-0.1, -0.05) is 6.07 Å². The molecule has 5 nitrogen and oxygen atoms in total. The molecule has 20 heavy (non-hydrogen) atoms. The highest BCUT2D eigenvalue weighted by Gasteiger charge is 2.12. The number of aliphatic hydroxyl groups is 1. The van der Waals surface area contributed by atoms with Gasteiger partial charge in [0, 0.05) is 11.6 Å². The van der Waals surface area contributed by atoms with E-state index in [1.54, 1.807) is 42.2 Å². The lowest BCUT2D eigenvalue weighted by Crippen LogP contribution is -2.00. The summed E-state index contributed by atoms with van der Waals surface area (Å²) in [6, 6.07) is 7.28. The first kappa shape index (κ1) is 14.1. The monoisotopic (exact) mass is 271 g/mol. The summed E-state index contributed by atoms with van der Waals surface area (Å²) in [6.45, 7) is 5.70. The molecule has 0 bridgehead atoms. The summed E-state index contributed by atoms with van der Waals surface area (Å²) in [7, 11) is 0. The number of benzene rings is 1. The highest BCUT2D eigenvalue weighted by atomic mass is 16.5. The smallest absolute Gasteiger partial charge is 0.165 e. The van der Waals surface area contributed by atoms with Gasteiger partial charge in [0.25, 0.3) is 0 Å². The molecule has 0 radical (unpaired) electrons. The minimum absolute atomic E-state index is 0.244. The maximum Gasteiger partial charge on any atom is 0.165 e. The first-order chi connectivity index (χ1) is 9.51. The fraction of sp³-hybridized carbons (Fsp3) is 0.333. The van der Waals surface area contributed by atoms with Gasteiger partial charge in [0.1, 0.15) is 5.75 Å². The third-order valence-electron chi connectivity index (χ3n) is 2.93. The molecule has 0 aliphatic heterocycles. The van der Waals surface area contributed by atoms with E-state index < -0.39 is 6.10 Å². The molecule has 1 aromatic carbocycles. The normalized spacial score (nSPS) is 12.2. The Kier molecular flexibility index (Phi) is 4.06. The third kappa shape index (κ3) is 2.98. The van der Waals surface area contributed by atoms with Crippen LogP contribution in [0.4, 0.5) is 0 Å². The number of ether oxygens (including phenoxy) is 1. The average Bonchev–Trinajstić information content (AvgIpc) is 2.87. The number of aromatic nitrogens is 2. The Morgan fingerprint density at radius 3 is 2.65 bits per heavy atom. The van der Waals surface area contributed by atoms with E-state index in [0.717, 1.165) is 0 Å². The fourth-order valence-corrected chi connectivity index (χ4v) is 1.82. The number of hydrogen-bond acceptors (Lipinski definition) is 4. The standard InChI is InChI=1S/C15H17N3O2/c1-10(2)18-9-13(8-17-18)20-15-6-12(7-16)4-5-14(15)11(3)19/h4-6,8-11,19H,1-3H3/t11-/m0/s1. The van der Waals surface area contributed by atoms with Crippen LogP contribution in [0.2, 0.25) is 0 Å². The summed E-state index contributed by atoms with van der Waals surface area (Å²) in [5, 5.41) is 22.9. The summed E-state index contributed by atoms with van der Waals surface area (Å²) in [4.78, 5) is 0. The van der Waals surface area contributed by atoms with Crippen LogP contribution in [-0.4, -0.2) is 14.9 Å². The van der Waals surface area contributed by atoms with E-state index in [4.69, 9.17) is 10.00 Å². The van der Waals surface area contributed by atoms with Crippen LogP contribution in [0.5, 0.6) is 11.5 Å². The van der Waals surface area contributed by atoms with Crippen molar-refractivity contribution in [3.63, 3.8) is 0 Å². The average molecular weight is 271 g/mol. The second-order valence-corrected chi connectivity index (χ2v) is 4.89. The van der Waals surface area contributed by atoms with Crippen molar-refractivity contribution in [3.05, 3.63) is 41.7 Å². The van der Waals surface area contributed by atoms with Gasteiger partial charge in [-0.05, 0) is 32.9 Å². The van der Waals surface area contributed by atoms with E-state index in [9.17, 15) is 5.11 Å². The van der Waals surface area contributed by atoms with Gasteiger partial charge in [-0.25, -0.2) is 0 Å². The molecule has 5 heteroatoms. The second kappa shape index (κ2) is 5.76.